The molecule has 0 radical (unpaired) electrons. The Labute approximate surface area is 189 Å². The molecule has 0 aromatic heterocycles. The van der Waals surface area contributed by atoms with Gasteiger partial charge in [0.15, 0.2) is 11.7 Å². The van der Waals surface area contributed by atoms with E-state index in [0.29, 0.717) is 6.42 Å². The number of hydrogen-bond donors (Lipinski definition) is 2. The number of rotatable bonds is 5. The van der Waals surface area contributed by atoms with Crippen molar-refractivity contribution in [3.05, 3.63) is 60.2 Å². The third-order valence-corrected chi connectivity index (χ3v) is 4.71. The summed E-state index contributed by atoms with van der Waals surface area (Å²) in [5.41, 5.74) is 6.92. The van der Waals surface area contributed by atoms with E-state index < -0.39 is 12.1 Å². The number of guanidine groups is 1. The van der Waals surface area contributed by atoms with Crippen molar-refractivity contribution in [1.29, 1.82) is 0 Å². The van der Waals surface area contributed by atoms with Crippen LogP contribution in [0.1, 0.15) is 18.0 Å². The largest absolute Gasteiger partial charge is 0.573 e. The Morgan fingerprint density at radius 1 is 1.20 bits per heavy atom. The summed E-state index contributed by atoms with van der Waals surface area (Å²) in [7, 11) is 1.75. The Morgan fingerprint density at radius 2 is 1.83 bits per heavy atom. The molecule has 1 amide bonds. The van der Waals surface area contributed by atoms with Crippen molar-refractivity contribution in [3.8, 4) is 5.75 Å². The Morgan fingerprint density at radius 3 is 2.50 bits per heavy atom. The quantitative estimate of drug-likeness (QED) is 0.343. The van der Waals surface area contributed by atoms with E-state index in [-0.39, 0.29) is 60.0 Å². The maximum atomic E-state index is 12.5. The third-order valence-electron chi connectivity index (χ3n) is 4.71. The van der Waals surface area contributed by atoms with E-state index in [2.05, 4.69) is 15.0 Å². The monoisotopic (exact) mass is 534 g/mol. The molecule has 2 unspecified atom stereocenters. The van der Waals surface area contributed by atoms with Crippen molar-refractivity contribution in [3.63, 3.8) is 0 Å². The number of nitrogens with one attached hydrogen (secondary N) is 1. The van der Waals surface area contributed by atoms with Gasteiger partial charge in [-0.1, -0.05) is 42.5 Å². The highest BCUT2D eigenvalue weighted by Gasteiger charge is 2.38. The first-order valence-electron chi connectivity index (χ1n) is 8.97. The molecule has 1 fully saturated rings. The number of nitrogens with two attached hydrogens (primary N) is 1. The lowest BCUT2D eigenvalue weighted by Gasteiger charge is -2.24. The second-order valence-electron chi connectivity index (χ2n) is 6.72. The highest BCUT2D eigenvalue weighted by molar-refractivity contribution is 14.0. The van der Waals surface area contributed by atoms with E-state index >= 15 is 0 Å². The Hall–Kier alpha value is -2.50. The number of aliphatic imine (C=N–C) groups is 1. The van der Waals surface area contributed by atoms with Crippen LogP contribution in [0.25, 0.3) is 0 Å². The van der Waals surface area contributed by atoms with Crippen molar-refractivity contribution in [2.75, 3.05) is 18.9 Å². The van der Waals surface area contributed by atoms with Crippen LogP contribution < -0.4 is 15.8 Å². The number of halogens is 4. The molecular weight excluding hydrogens is 512 g/mol. The van der Waals surface area contributed by atoms with Crippen molar-refractivity contribution in [1.82, 2.24) is 4.90 Å². The molecule has 0 aliphatic carbocycles. The van der Waals surface area contributed by atoms with Gasteiger partial charge in [0.1, 0.15) is 0 Å². The second-order valence-corrected chi connectivity index (χ2v) is 6.72. The number of amides is 1. The van der Waals surface area contributed by atoms with Gasteiger partial charge in [0.2, 0.25) is 5.91 Å². The minimum atomic E-state index is -4.82. The molecule has 0 saturated carbocycles. The summed E-state index contributed by atoms with van der Waals surface area (Å²) in [6.45, 7) is 0.247. The molecule has 1 aliphatic rings. The summed E-state index contributed by atoms with van der Waals surface area (Å²) < 4.78 is 41.6. The molecule has 10 heteroatoms. The van der Waals surface area contributed by atoms with Gasteiger partial charge in [0, 0.05) is 25.9 Å². The van der Waals surface area contributed by atoms with Crippen LogP contribution in [0.3, 0.4) is 0 Å². The lowest BCUT2D eigenvalue weighted by molar-refractivity contribution is -0.274. The summed E-state index contributed by atoms with van der Waals surface area (Å²) >= 11 is 0. The molecule has 30 heavy (non-hydrogen) atoms. The van der Waals surface area contributed by atoms with E-state index in [4.69, 9.17) is 5.73 Å². The lowest BCUT2D eigenvalue weighted by atomic mass is 9.94. The molecule has 2 atom stereocenters. The van der Waals surface area contributed by atoms with Crippen LogP contribution in [-0.2, 0) is 4.79 Å². The van der Waals surface area contributed by atoms with Crippen molar-refractivity contribution in [2.24, 2.45) is 16.6 Å². The minimum Gasteiger partial charge on any atom is -0.404 e. The average molecular weight is 534 g/mol. The van der Waals surface area contributed by atoms with Crippen LogP contribution in [-0.4, -0.2) is 36.7 Å². The van der Waals surface area contributed by atoms with Crippen molar-refractivity contribution in [2.45, 2.75) is 18.8 Å². The summed E-state index contributed by atoms with van der Waals surface area (Å²) in [5, 5.41) is 2.64. The number of likely N-dealkylation sites (tertiary alicyclic amines) is 1. The fraction of sp³-hybridized carbons (Fsp3) is 0.300. The van der Waals surface area contributed by atoms with Gasteiger partial charge < -0.3 is 20.7 Å². The van der Waals surface area contributed by atoms with E-state index in [0.717, 1.165) is 5.56 Å². The number of alkyl halides is 3. The van der Waals surface area contributed by atoms with Crippen molar-refractivity contribution < 1.29 is 22.7 Å². The third kappa shape index (κ3) is 6.00. The van der Waals surface area contributed by atoms with Gasteiger partial charge in [0.05, 0.1) is 11.7 Å². The molecule has 0 bridgehead atoms. The highest BCUT2D eigenvalue weighted by Crippen LogP contribution is 2.37. The van der Waals surface area contributed by atoms with Gasteiger partial charge in [-0.2, -0.15) is 0 Å². The van der Waals surface area contributed by atoms with Crippen LogP contribution in [0.4, 0.5) is 18.9 Å². The summed E-state index contributed by atoms with van der Waals surface area (Å²) in [5.74, 6) is -0.556. The van der Waals surface area contributed by atoms with Gasteiger partial charge >= 0.3 is 6.36 Å². The number of anilines is 1. The zero-order valence-electron chi connectivity index (χ0n) is 16.1. The van der Waals surface area contributed by atoms with Crippen LogP contribution >= 0.6 is 24.0 Å². The summed E-state index contributed by atoms with van der Waals surface area (Å²) in [6.07, 6.45) is -4.50. The van der Waals surface area contributed by atoms with Crippen LogP contribution in [0.5, 0.6) is 5.75 Å². The molecule has 3 rings (SSSR count). The molecule has 2 aromatic carbocycles. The second kappa shape index (κ2) is 10.0. The first-order chi connectivity index (χ1) is 13.7. The Kier molecular flexibility index (Phi) is 7.93. The number of ether oxygens (including phenoxy) is 1. The number of carbonyl (C=O) groups excluding carboxylic acids is 1. The van der Waals surface area contributed by atoms with Crippen molar-refractivity contribution >= 4 is 41.5 Å². The van der Waals surface area contributed by atoms with E-state index in [1.807, 2.05) is 30.3 Å². The Balaban J connectivity index is 0.00000320. The zero-order valence-corrected chi connectivity index (χ0v) is 18.4. The van der Waals surface area contributed by atoms with Gasteiger partial charge in [-0.15, -0.1) is 37.1 Å². The molecule has 3 N–H and O–H groups in total. The fourth-order valence-corrected chi connectivity index (χ4v) is 3.44. The average Bonchev–Trinajstić information content (AvgIpc) is 2.95. The predicted octanol–water partition coefficient (Wildman–Crippen LogP) is 4.15. The molecule has 1 heterocycles. The van der Waals surface area contributed by atoms with Gasteiger partial charge in [0.25, 0.3) is 0 Å². The maximum Gasteiger partial charge on any atom is 0.573 e. The van der Waals surface area contributed by atoms with E-state index in [1.165, 1.54) is 18.2 Å². The molecule has 0 spiro atoms. The first kappa shape index (κ1) is 23.8. The standard InChI is InChI=1S/C20H21F3N4O2.HI/c1-27-17(28)11-14(18(27)13-7-3-2-4-8-13)12-25-19(24)26-15-9-5-6-10-16(15)29-20(21,22)23;/h2-10,14,18H,11-12H2,1H3,(H3,24,25,26);1H. The molecular formula is C20H22F3IN4O2. The topological polar surface area (TPSA) is 80.0 Å². The van der Waals surface area contributed by atoms with E-state index in [1.54, 1.807) is 18.0 Å². The van der Waals surface area contributed by atoms with Gasteiger partial charge in [-0.25, -0.2) is 0 Å². The molecule has 6 nitrogen and oxygen atoms in total. The lowest BCUT2D eigenvalue weighted by Crippen LogP contribution is -2.27. The highest BCUT2D eigenvalue weighted by atomic mass is 127. The van der Waals surface area contributed by atoms with Crippen LogP contribution in [0.2, 0.25) is 0 Å². The normalized spacial score (nSPS) is 19.4. The first-order valence-corrected chi connectivity index (χ1v) is 8.97. The zero-order chi connectivity index (χ0) is 21.0. The number of benzene rings is 2. The minimum absolute atomic E-state index is 0. The molecule has 1 saturated heterocycles. The summed E-state index contributed by atoms with van der Waals surface area (Å²) in [4.78, 5) is 18.1. The number of hydrogen-bond acceptors (Lipinski definition) is 3. The van der Waals surface area contributed by atoms with Crippen LogP contribution in [0.15, 0.2) is 59.6 Å². The smallest absolute Gasteiger partial charge is 0.404 e. The predicted molar refractivity (Wildman–Crippen MR) is 119 cm³/mol. The number of para-hydroxylation sites is 2. The molecule has 162 valence electrons. The Bertz CT molecular complexity index is 893. The maximum absolute atomic E-state index is 12.5. The number of nitrogens with zero attached hydrogens (tertiary/aromatic N) is 2. The molecule has 1 aliphatic heterocycles. The van der Waals surface area contributed by atoms with E-state index in [9.17, 15) is 18.0 Å². The van der Waals surface area contributed by atoms with Crippen LogP contribution in [0, 0.1) is 5.92 Å². The van der Waals surface area contributed by atoms with Gasteiger partial charge in [-0.05, 0) is 17.7 Å². The molecule has 2 aromatic rings. The SMILES string of the molecule is CN1C(=O)CC(CN=C(N)Nc2ccccc2OC(F)(F)F)C1c1ccccc1.I. The number of carbonyl (C=O) groups is 1. The summed E-state index contributed by atoms with van der Waals surface area (Å²) in [6, 6.07) is 15.0. The van der Waals surface area contributed by atoms with Gasteiger partial charge in [-0.3, -0.25) is 9.79 Å². The fourth-order valence-electron chi connectivity index (χ4n) is 3.44.